The van der Waals surface area contributed by atoms with Crippen molar-refractivity contribution in [1.82, 2.24) is 14.7 Å². The summed E-state index contributed by atoms with van der Waals surface area (Å²) in [5, 5.41) is 4.63. The summed E-state index contributed by atoms with van der Waals surface area (Å²) in [6.07, 6.45) is 0.676. The number of likely N-dealkylation sites (tertiary alicyclic amines) is 1. The van der Waals surface area contributed by atoms with E-state index >= 15 is 0 Å². The minimum Gasteiger partial charge on any atom is -0.447 e. The lowest BCUT2D eigenvalue weighted by molar-refractivity contribution is 0.0497. The number of hydrogen-bond acceptors (Lipinski definition) is 3. The zero-order valence-corrected chi connectivity index (χ0v) is 13.1. The van der Waals surface area contributed by atoms with E-state index < -0.39 is 0 Å². The van der Waals surface area contributed by atoms with E-state index in [0.29, 0.717) is 12.0 Å². The summed E-state index contributed by atoms with van der Waals surface area (Å²) in [6, 6.07) is 2.53. The van der Waals surface area contributed by atoms with Crippen LogP contribution >= 0.6 is 0 Å². The first-order valence-corrected chi connectivity index (χ1v) is 7.46. The van der Waals surface area contributed by atoms with Gasteiger partial charge in [0.15, 0.2) is 0 Å². The average Bonchev–Trinajstić information content (AvgIpc) is 2.70. The molecule has 2 heterocycles. The highest BCUT2D eigenvalue weighted by Crippen LogP contribution is 2.30. The number of aromatic nitrogens is 2. The molecule has 112 valence electrons. The number of ether oxygens (including phenoxy) is 1. The molecule has 0 radical (unpaired) electrons. The van der Waals surface area contributed by atoms with Crippen molar-refractivity contribution in [3.8, 4) is 0 Å². The molecule has 1 amide bonds. The number of amides is 1. The first-order valence-electron chi connectivity index (χ1n) is 7.46. The maximum atomic E-state index is 11.8. The number of carbonyl (C=O) groups is 1. The molecule has 0 aromatic carbocycles. The van der Waals surface area contributed by atoms with Crippen molar-refractivity contribution in [3.05, 3.63) is 17.5 Å². The van der Waals surface area contributed by atoms with Crippen molar-refractivity contribution in [2.24, 2.45) is 0 Å². The highest BCUT2D eigenvalue weighted by Gasteiger charge is 2.35. The Kier molecular flexibility index (Phi) is 4.35. The number of hydrogen-bond donors (Lipinski definition) is 0. The molecule has 1 saturated heterocycles. The van der Waals surface area contributed by atoms with E-state index in [1.165, 1.54) is 5.69 Å². The third-order valence-electron chi connectivity index (χ3n) is 3.56. The second kappa shape index (κ2) is 5.85. The van der Waals surface area contributed by atoms with Gasteiger partial charge < -0.3 is 9.64 Å². The highest BCUT2D eigenvalue weighted by atomic mass is 16.6. The molecule has 0 spiro atoms. The Morgan fingerprint density at radius 3 is 2.55 bits per heavy atom. The second-order valence-electron chi connectivity index (χ2n) is 5.99. The summed E-state index contributed by atoms with van der Waals surface area (Å²) in [6.45, 7) is 11.6. The largest absolute Gasteiger partial charge is 0.447 e. The van der Waals surface area contributed by atoms with Crippen molar-refractivity contribution >= 4 is 6.09 Å². The molecule has 0 saturated carbocycles. The van der Waals surface area contributed by atoms with Gasteiger partial charge in [-0.1, -0.05) is 6.92 Å². The molecular weight excluding hydrogens is 254 g/mol. The smallest absolute Gasteiger partial charge is 0.410 e. The maximum absolute atomic E-state index is 11.8. The summed E-state index contributed by atoms with van der Waals surface area (Å²) in [7, 11) is 0. The number of nitrogens with zero attached hydrogens (tertiary/aromatic N) is 3. The molecule has 1 aliphatic heterocycles. The lowest BCUT2D eigenvalue weighted by atomic mass is 9.96. The van der Waals surface area contributed by atoms with Gasteiger partial charge in [-0.3, -0.25) is 4.68 Å². The standard InChI is InChI=1S/C15H25N3O2/c1-6-13-7-14(18(16-13)10(2)3)12-8-17(9-12)15(19)20-11(4)5/h7,10-12H,6,8-9H2,1-5H3. The van der Waals surface area contributed by atoms with Crippen LogP contribution in [0.2, 0.25) is 0 Å². The Balaban J connectivity index is 2.02. The van der Waals surface area contributed by atoms with Crippen LogP contribution in [-0.2, 0) is 11.2 Å². The third kappa shape index (κ3) is 2.97. The summed E-state index contributed by atoms with van der Waals surface area (Å²) in [5.74, 6) is 0.380. The number of aryl methyl sites for hydroxylation is 1. The van der Waals surface area contributed by atoms with Gasteiger partial charge in [0.05, 0.1) is 11.8 Å². The molecule has 1 fully saturated rings. The van der Waals surface area contributed by atoms with E-state index in [9.17, 15) is 4.79 Å². The Morgan fingerprint density at radius 2 is 2.05 bits per heavy atom. The van der Waals surface area contributed by atoms with E-state index in [1.807, 2.05) is 13.8 Å². The van der Waals surface area contributed by atoms with Crippen LogP contribution in [0.15, 0.2) is 6.07 Å². The van der Waals surface area contributed by atoms with E-state index in [4.69, 9.17) is 4.74 Å². The van der Waals surface area contributed by atoms with Crippen LogP contribution in [-0.4, -0.2) is 40.0 Å². The monoisotopic (exact) mass is 279 g/mol. The van der Waals surface area contributed by atoms with Crippen molar-refractivity contribution in [2.45, 2.75) is 59.1 Å². The summed E-state index contributed by atoms with van der Waals surface area (Å²) < 4.78 is 7.30. The van der Waals surface area contributed by atoms with Crippen molar-refractivity contribution in [3.63, 3.8) is 0 Å². The van der Waals surface area contributed by atoms with E-state index in [1.54, 1.807) is 4.90 Å². The normalized spacial score (nSPS) is 15.8. The third-order valence-corrected chi connectivity index (χ3v) is 3.56. The first-order chi connectivity index (χ1) is 9.42. The quantitative estimate of drug-likeness (QED) is 0.851. The lowest BCUT2D eigenvalue weighted by Crippen LogP contribution is -2.49. The Labute approximate surface area is 120 Å². The molecule has 5 heteroatoms. The SMILES string of the molecule is CCc1cc(C2CN(C(=O)OC(C)C)C2)n(C(C)C)n1. The summed E-state index contributed by atoms with van der Waals surface area (Å²) in [5.41, 5.74) is 2.36. The fraction of sp³-hybridized carbons (Fsp3) is 0.733. The zero-order valence-electron chi connectivity index (χ0n) is 13.1. The van der Waals surface area contributed by atoms with Crippen LogP contribution in [0.3, 0.4) is 0 Å². The van der Waals surface area contributed by atoms with Gasteiger partial charge >= 0.3 is 6.09 Å². The van der Waals surface area contributed by atoms with E-state index in [2.05, 4.69) is 36.6 Å². The average molecular weight is 279 g/mol. The molecule has 1 aliphatic rings. The van der Waals surface area contributed by atoms with Crippen LogP contribution < -0.4 is 0 Å². The van der Waals surface area contributed by atoms with Crippen LogP contribution in [0.4, 0.5) is 4.79 Å². The molecule has 20 heavy (non-hydrogen) atoms. The first kappa shape index (κ1) is 14.9. The topological polar surface area (TPSA) is 47.4 Å². The molecule has 0 atom stereocenters. The van der Waals surface area contributed by atoms with Crippen molar-refractivity contribution in [2.75, 3.05) is 13.1 Å². The highest BCUT2D eigenvalue weighted by molar-refractivity contribution is 5.69. The second-order valence-corrected chi connectivity index (χ2v) is 5.99. The van der Waals surface area contributed by atoms with Gasteiger partial charge in [-0.15, -0.1) is 0 Å². The van der Waals surface area contributed by atoms with Gasteiger partial charge in [0, 0.05) is 30.7 Å². The fourth-order valence-electron chi connectivity index (χ4n) is 2.44. The van der Waals surface area contributed by atoms with Crippen molar-refractivity contribution < 1.29 is 9.53 Å². The predicted octanol–water partition coefficient (Wildman–Crippen LogP) is 2.97. The zero-order chi connectivity index (χ0) is 14.9. The number of rotatable bonds is 4. The fourth-order valence-corrected chi connectivity index (χ4v) is 2.44. The molecule has 1 aromatic rings. The Hall–Kier alpha value is -1.52. The van der Waals surface area contributed by atoms with Gasteiger partial charge in [0.25, 0.3) is 0 Å². The maximum Gasteiger partial charge on any atom is 0.410 e. The van der Waals surface area contributed by atoms with Crippen LogP contribution in [0.5, 0.6) is 0 Å². The van der Waals surface area contributed by atoms with Crippen LogP contribution in [0.1, 0.15) is 58.0 Å². The van der Waals surface area contributed by atoms with Gasteiger partial charge in [-0.05, 0) is 40.2 Å². The van der Waals surface area contributed by atoms with Gasteiger partial charge in [-0.25, -0.2) is 4.79 Å². The van der Waals surface area contributed by atoms with E-state index in [0.717, 1.165) is 25.2 Å². The summed E-state index contributed by atoms with van der Waals surface area (Å²) in [4.78, 5) is 13.5. The number of carbonyl (C=O) groups excluding carboxylic acids is 1. The van der Waals surface area contributed by atoms with Crippen LogP contribution in [0.25, 0.3) is 0 Å². The molecule has 2 rings (SSSR count). The minimum absolute atomic E-state index is 0.0607. The molecule has 0 unspecified atom stereocenters. The molecule has 0 bridgehead atoms. The predicted molar refractivity (Wildman–Crippen MR) is 77.9 cm³/mol. The molecule has 0 N–H and O–H groups in total. The Morgan fingerprint density at radius 1 is 1.40 bits per heavy atom. The lowest BCUT2D eigenvalue weighted by Gasteiger charge is -2.39. The molecular formula is C15H25N3O2. The minimum atomic E-state index is -0.206. The van der Waals surface area contributed by atoms with Crippen LogP contribution in [0, 0.1) is 0 Å². The molecule has 0 aliphatic carbocycles. The Bertz CT molecular complexity index is 473. The van der Waals surface area contributed by atoms with Gasteiger partial charge in [0.1, 0.15) is 0 Å². The summed E-state index contributed by atoms with van der Waals surface area (Å²) >= 11 is 0. The molecule has 1 aromatic heterocycles. The van der Waals surface area contributed by atoms with Gasteiger partial charge in [0.2, 0.25) is 0 Å². The molecule has 5 nitrogen and oxygen atoms in total. The van der Waals surface area contributed by atoms with Gasteiger partial charge in [-0.2, -0.15) is 5.10 Å². The van der Waals surface area contributed by atoms with E-state index in [-0.39, 0.29) is 12.2 Å². The van der Waals surface area contributed by atoms with Crippen molar-refractivity contribution in [1.29, 1.82) is 0 Å².